The van der Waals surface area contributed by atoms with Crippen LogP contribution in [-0.4, -0.2) is 34.9 Å². The predicted molar refractivity (Wildman–Crippen MR) is 81.5 cm³/mol. The maximum Gasteiger partial charge on any atom is 0.326 e. The standard InChI is InChI=1S/C14H14ClN3O4/c1-18(7-8-3-5-9(15)6-4-8)13(20)10-11(22-2)12(19)17-14(21)16-10/h3-6H,7H2,1-2H3,(H2,16,17,19,21). The van der Waals surface area contributed by atoms with Gasteiger partial charge in [0.1, 0.15) is 0 Å². The minimum absolute atomic E-state index is 0.187. The van der Waals surface area contributed by atoms with Crippen molar-refractivity contribution in [2.24, 2.45) is 0 Å². The Balaban J connectivity index is 2.29. The van der Waals surface area contributed by atoms with Gasteiger partial charge in [-0.05, 0) is 17.7 Å². The molecule has 0 saturated heterocycles. The van der Waals surface area contributed by atoms with Crippen molar-refractivity contribution in [3.8, 4) is 5.75 Å². The molecule has 0 spiro atoms. The second kappa shape index (κ2) is 6.48. The maximum absolute atomic E-state index is 12.4. The highest BCUT2D eigenvalue weighted by Gasteiger charge is 2.20. The third-order valence-electron chi connectivity index (χ3n) is 3.00. The summed E-state index contributed by atoms with van der Waals surface area (Å²) in [5.74, 6) is -0.762. The van der Waals surface area contributed by atoms with Crippen molar-refractivity contribution in [3.05, 3.63) is 61.4 Å². The van der Waals surface area contributed by atoms with Crippen molar-refractivity contribution < 1.29 is 9.53 Å². The third kappa shape index (κ3) is 3.37. The highest BCUT2D eigenvalue weighted by molar-refractivity contribution is 6.30. The molecule has 0 unspecified atom stereocenters. The van der Waals surface area contributed by atoms with Crippen LogP contribution in [0.4, 0.5) is 0 Å². The van der Waals surface area contributed by atoms with Gasteiger partial charge in [0, 0.05) is 18.6 Å². The molecule has 0 aliphatic rings. The lowest BCUT2D eigenvalue weighted by atomic mass is 10.2. The van der Waals surface area contributed by atoms with Crippen LogP contribution in [0.25, 0.3) is 0 Å². The van der Waals surface area contributed by atoms with E-state index in [2.05, 4.69) is 4.98 Å². The van der Waals surface area contributed by atoms with Gasteiger partial charge in [0.15, 0.2) is 5.69 Å². The molecule has 0 aliphatic carbocycles. The number of carbonyl (C=O) groups excluding carboxylic acids is 1. The van der Waals surface area contributed by atoms with E-state index in [4.69, 9.17) is 16.3 Å². The molecule has 1 heterocycles. The predicted octanol–water partition coefficient (Wildman–Crippen LogP) is 0.997. The van der Waals surface area contributed by atoms with Gasteiger partial charge in [-0.2, -0.15) is 0 Å². The molecule has 0 aliphatic heterocycles. The second-order valence-corrected chi connectivity index (χ2v) is 5.04. The summed E-state index contributed by atoms with van der Waals surface area (Å²) in [7, 11) is 2.80. The van der Waals surface area contributed by atoms with E-state index < -0.39 is 17.2 Å². The molecule has 0 fully saturated rings. The molecule has 116 valence electrons. The van der Waals surface area contributed by atoms with E-state index in [0.29, 0.717) is 5.02 Å². The van der Waals surface area contributed by atoms with Crippen molar-refractivity contribution in [2.75, 3.05) is 14.2 Å². The van der Waals surface area contributed by atoms with Crippen LogP contribution in [0.5, 0.6) is 5.75 Å². The zero-order valence-electron chi connectivity index (χ0n) is 12.0. The smallest absolute Gasteiger partial charge is 0.326 e. The molecular weight excluding hydrogens is 310 g/mol. The Labute approximate surface area is 130 Å². The quantitative estimate of drug-likeness (QED) is 0.877. The Morgan fingerprint density at radius 1 is 1.23 bits per heavy atom. The Hall–Kier alpha value is -2.54. The van der Waals surface area contributed by atoms with Crippen LogP contribution in [0.3, 0.4) is 0 Å². The van der Waals surface area contributed by atoms with Gasteiger partial charge in [-0.1, -0.05) is 23.7 Å². The summed E-state index contributed by atoms with van der Waals surface area (Å²) in [4.78, 5) is 41.0. The van der Waals surface area contributed by atoms with E-state index in [0.717, 1.165) is 5.56 Å². The van der Waals surface area contributed by atoms with Crippen LogP contribution in [0.1, 0.15) is 16.1 Å². The van der Waals surface area contributed by atoms with E-state index in [1.807, 2.05) is 4.98 Å². The lowest BCUT2D eigenvalue weighted by Crippen LogP contribution is -2.33. The van der Waals surface area contributed by atoms with Gasteiger partial charge in [-0.3, -0.25) is 19.6 Å². The molecule has 22 heavy (non-hydrogen) atoms. The van der Waals surface area contributed by atoms with Crippen LogP contribution in [0, 0.1) is 0 Å². The summed E-state index contributed by atoms with van der Waals surface area (Å²) >= 11 is 5.81. The minimum atomic E-state index is -0.769. The number of methoxy groups -OCH3 is 1. The van der Waals surface area contributed by atoms with E-state index in [1.165, 1.54) is 12.0 Å². The first-order valence-electron chi connectivity index (χ1n) is 6.33. The fraction of sp³-hybridized carbons (Fsp3) is 0.214. The molecule has 0 saturated carbocycles. The first-order valence-corrected chi connectivity index (χ1v) is 6.70. The van der Waals surface area contributed by atoms with Crippen molar-refractivity contribution in [1.82, 2.24) is 14.9 Å². The number of amides is 1. The van der Waals surface area contributed by atoms with Crippen molar-refractivity contribution >= 4 is 17.5 Å². The third-order valence-corrected chi connectivity index (χ3v) is 3.25. The van der Waals surface area contributed by atoms with E-state index in [1.54, 1.807) is 31.3 Å². The first-order chi connectivity index (χ1) is 10.4. The molecule has 2 rings (SSSR count). The van der Waals surface area contributed by atoms with Crippen molar-refractivity contribution in [1.29, 1.82) is 0 Å². The summed E-state index contributed by atoms with van der Waals surface area (Å²) < 4.78 is 4.89. The molecule has 7 nitrogen and oxygen atoms in total. The van der Waals surface area contributed by atoms with Gasteiger partial charge >= 0.3 is 5.69 Å². The monoisotopic (exact) mass is 323 g/mol. The largest absolute Gasteiger partial charge is 0.489 e. The summed E-state index contributed by atoms with van der Waals surface area (Å²) in [5, 5.41) is 0.596. The van der Waals surface area contributed by atoms with Crippen LogP contribution < -0.4 is 16.0 Å². The molecule has 2 N–H and O–H groups in total. The van der Waals surface area contributed by atoms with Crippen molar-refractivity contribution in [2.45, 2.75) is 6.54 Å². The lowest BCUT2D eigenvalue weighted by Gasteiger charge is -2.18. The van der Waals surface area contributed by atoms with E-state index >= 15 is 0 Å². The number of halogens is 1. The number of ether oxygens (including phenoxy) is 1. The van der Waals surface area contributed by atoms with Gasteiger partial charge in [-0.15, -0.1) is 0 Å². The molecular formula is C14H14ClN3O4. The number of aromatic amines is 2. The first kappa shape index (κ1) is 15.8. The number of hydrogen-bond donors (Lipinski definition) is 2. The number of hydrogen-bond acceptors (Lipinski definition) is 4. The van der Waals surface area contributed by atoms with Gasteiger partial charge in [0.2, 0.25) is 5.75 Å². The summed E-state index contributed by atoms with van der Waals surface area (Å²) in [5.41, 5.74) is -0.859. The Kier molecular flexibility index (Phi) is 4.67. The number of aromatic nitrogens is 2. The maximum atomic E-state index is 12.4. The topological polar surface area (TPSA) is 95.3 Å². The summed E-state index contributed by atoms with van der Waals surface area (Å²) in [6, 6.07) is 6.99. The summed E-state index contributed by atoms with van der Waals surface area (Å²) in [6.07, 6.45) is 0. The molecule has 1 amide bonds. The van der Waals surface area contributed by atoms with Gasteiger partial charge in [0.25, 0.3) is 11.5 Å². The fourth-order valence-corrected chi connectivity index (χ4v) is 2.07. The molecule has 1 aromatic heterocycles. The number of carbonyl (C=O) groups is 1. The minimum Gasteiger partial charge on any atom is -0.489 e. The van der Waals surface area contributed by atoms with E-state index in [-0.39, 0.29) is 18.0 Å². The molecule has 0 atom stereocenters. The zero-order chi connectivity index (χ0) is 16.3. The van der Waals surface area contributed by atoms with Crippen LogP contribution in [0.15, 0.2) is 33.9 Å². The average molecular weight is 324 g/mol. The van der Waals surface area contributed by atoms with Crippen LogP contribution in [0.2, 0.25) is 5.02 Å². The Morgan fingerprint density at radius 2 is 1.86 bits per heavy atom. The number of H-pyrrole nitrogens is 2. The van der Waals surface area contributed by atoms with Crippen LogP contribution in [-0.2, 0) is 6.54 Å². The number of nitrogens with zero attached hydrogens (tertiary/aromatic N) is 1. The number of nitrogens with one attached hydrogen (secondary N) is 2. The molecule has 2 aromatic rings. The van der Waals surface area contributed by atoms with E-state index in [9.17, 15) is 14.4 Å². The van der Waals surface area contributed by atoms with Crippen LogP contribution >= 0.6 is 11.6 Å². The van der Waals surface area contributed by atoms with Crippen molar-refractivity contribution in [3.63, 3.8) is 0 Å². The highest BCUT2D eigenvalue weighted by atomic mass is 35.5. The normalized spacial score (nSPS) is 10.3. The summed E-state index contributed by atoms with van der Waals surface area (Å²) in [6.45, 7) is 0.286. The Bertz CT molecular complexity index is 795. The number of rotatable bonds is 4. The molecule has 8 heteroatoms. The molecule has 0 bridgehead atoms. The highest BCUT2D eigenvalue weighted by Crippen LogP contribution is 2.14. The van der Waals surface area contributed by atoms with Gasteiger partial charge < -0.3 is 9.64 Å². The molecule has 0 radical (unpaired) electrons. The molecule has 1 aromatic carbocycles. The fourth-order valence-electron chi connectivity index (χ4n) is 1.95. The average Bonchev–Trinajstić information content (AvgIpc) is 2.48. The van der Waals surface area contributed by atoms with Gasteiger partial charge in [-0.25, -0.2) is 4.79 Å². The van der Waals surface area contributed by atoms with Gasteiger partial charge in [0.05, 0.1) is 7.11 Å². The number of benzene rings is 1. The Morgan fingerprint density at radius 3 is 2.45 bits per heavy atom. The zero-order valence-corrected chi connectivity index (χ0v) is 12.7. The lowest BCUT2D eigenvalue weighted by molar-refractivity contribution is 0.0774. The second-order valence-electron chi connectivity index (χ2n) is 4.60. The SMILES string of the molecule is COc1c(C(=O)N(C)Cc2ccc(Cl)cc2)[nH]c(=O)[nH]c1=O.